The van der Waals surface area contributed by atoms with E-state index in [9.17, 15) is 18.0 Å². The quantitative estimate of drug-likeness (QED) is 0.579. The highest BCUT2D eigenvalue weighted by Gasteiger charge is 2.52. The zero-order chi connectivity index (χ0) is 10.7. The van der Waals surface area contributed by atoms with Crippen LogP contribution in [0, 0.1) is 0 Å². The summed E-state index contributed by atoms with van der Waals surface area (Å²) in [4.78, 5) is 9.89. The van der Waals surface area contributed by atoms with Gasteiger partial charge in [0, 0.05) is 12.8 Å². The fourth-order valence-corrected chi connectivity index (χ4v) is 0.628. The van der Waals surface area contributed by atoms with Crippen LogP contribution in [0.2, 0.25) is 0 Å². The van der Waals surface area contributed by atoms with Crippen LogP contribution in [0.3, 0.4) is 0 Å². The number of alkyl halides is 3. The van der Waals surface area contributed by atoms with Crippen LogP contribution in [-0.4, -0.2) is 33.3 Å². The number of halogens is 3. The molecule has 0 aromatic heterocycles. The highest BCUT2D eigenvalue weighted by molar-refractivity contribution is 5.66. The Morgan fingerprint density at radius 2 is 1.69 bits per heavy atom. The Bertz CT molecular complexity index is 187. The van der Waals surface area contributed by atoms with Crippen LogP contribution in [-0.2, 0) is 4.79 Å². The summed E-state index contributed by atoms with van der Waals surface area (Å²) in [5.74, 6) is -5.07. The third-order valence-corrected chi connectivity index (χ3v) is 1.37. The summed E-state index contributed by atoms with van der Waals surface area (Å²) in [6, 6.07) is 0. The van der Waals surface area contributed by atoms with Crippen molar-refractivity contribution >= 4 is 5.97 Å². The number of carboxylic acid groups (broad SMARTS) is 1. The molecule has 0 radical (unpaired) electrons. The van der Waals surface area contributed by atoms with Gasteiger partial charge in [-0.05, 0) is 6.42 Å². The molecular formula is C6H9F3O4. The Balaban J connectivity index is 3.97. The molecule has 78 valence electrons. The molecule has 0 atom stereocenters. The Hall–Kier alpha value is -0.820. The first-order chi connectivity index (χ1) is 5.67. The van der Waals surface area contributed by atoms with Crippen LogP contribution in [0.25, 0.3) is 0 Å². The second kappa shape index (κ2) is 3.93. The minimum absolute atomic E-state index is 0.443. The molecule has 0 aliphatic heterocycles. The molecule has 0 bridgehead atoms. The van der Waals surface area contributed by atoms with Crippen LogP contribution in [0.4, 0.5) is 13.2 Å². The molecule has 0 rings (SSSR count). The average Bonchev–Trinajstić information content (AvgIpc) is 1.82. The van der Waals surface area contributed by atoms with E-state index in [4.69, 9.17) is 15.3 Å². The predicted molar refractivity (Wildman–Crippen MR) is 34.7 cm³/mol. The van der Waals surface area contributed by atoms with Gasteiger partial charge in [0.05, 0.1) is 0 Å². The van der Waals surface area contributed by atoms with Crippen molar-refractivity contribution in [2.45, 2.75) is 31.2 Å². The summed E-state index contributed by atoms with van der Waals surface area (Å²) in [6.45, 7) is 0. The molecule has 0 saturated carbocycles. The molecule has 0 aliphatic rings. The van der Waals surface area contributed by atoms with Gasteiger partial charge >= 0.3 is 12.1 Å². The van der Waals surface area contributed by atoms with E-state index < -0.39 is 37.2 Å². The smallest absolute Gasteiger partial charge is 0.442 e. The molecule has 0 spiro atoms. The van der Waals surface area contributed by atoms with E-state index in [1.807, 2.05) is 0 Å². The minimum atomic E-state index is -5.15. The molecule has 0 aliphatic carbocycles. The maximum Gasteiger partial charge on any atom is 0.442 e. The van der Waals surface area contributed by atoms with Gasteiger partial charge in [-0.15, -0.1) is 0 Å². The molecule has 3 N–H and O–H groups in total. The first-order valence-electron chi connectivity index (χ1n) is 3.40. The molecule has 0 heterocycles. The topological polar surface area (TPSA) is 77.8 Å². The third kappa shape index (κ3) is 4.09. The molecule has 0 unspecified atom stereocenters. The monoisotopic (exact) mass is 202 g/mol. The van der Waals surface area contributed by atoms with Crippen molar-refractivity contribution < 1.29 is 33.3 Å². The molecule has 4 nitrogen and oxygen atoms in total. The van der Waals surface area contributed by atoms with Crippen molar-refractivity contribution in [3.8, 4) is 0 Å². The second-order valence-electron chi connectivity index (χ2n) is 2.56. The summed E-state index contributed by atoms with van der Waals surface area (Å²) in [6.07, 6.45) is -7.16. The van der Waals surface area contributed by atoms with Gasteiger partial charge in [-0.2, -0.15) is 13.2 Å². The van der Waals surface area contributed by atoms with E-state index in [0.29, 0.717) is 0 Å². The maximum atomic E-state index is 11.7. The van der Waals surface area contributed by atoms with Gasteiger partial charge in [-0.1, -0.05) is 0 Å². The molecule has 0 aromatic carbocycles. The summed E-state index contributed by atoms with van der Waals surface area (Å²) in [5.41, 5.74) is 0. The number of hydrogen-bond acceptors (Lipinski definition) is 3. The van der Waals surface area contributed by atoms with Crippen molar-refractivity contribution in [3.63, 3.8) is 0 Å². The lowest BCUT2D eigenvalue weighted by Gasteiger charge is -2.23. The molecule has 0 fully saturated rings. The molecule has 7 heteroatoms. The van der Waals surface area contributed by atoms with Gasteiger partial charge in [0.2, 0.25) is 0 Å². The maximum absolute atomic E-state index is 11.7. The minimum Gasteiger partial charge on any atom is -0.481 e. The Kier molecular flexibility index (Phi) is 3.68. The highest BCUT2D eigenvalue weighted by atomic mass is 19.4. The van der Waals surface area contributed by atoms with Gasteiger partial charge in [0.25, 0.3) is 5.79 Å². The molecule has 13 heavy (non-hydrogen) atoms. The highest BCUT2D eigenvalue weighted by Crippen LogP contribution is 2.31. The lowest BCUT2D eigenvalue weighted by molar-refractivity contribution is -0.351. The average molecular weight is 202 g/mol. The largest absolute Gasteiger partial charge is 0.481 e. The van der Waals surface area contributed by atoms with Crippen LogP contribution in [0.1, 0.15) is 19.3 Å². The van der Waals surface area contributed by atoms with Gasteiger partial charge in [-0.25, -0.2) is 0 Å². The number of aliphatic carboxylic acids is 1. The zero-order valence-corrected chi connectivity index (χ0v) is 6.51. The molecule has 0 aromatic rings. The summed E-state index contributed by atoms with van der Waals surface area (Å²) >= 11 is 0. The van der Waals surface area contributed by atoms with Crippen molar-refractivity contribution in [1.82, 2.24) is 0 Å². The van der Waals surface area contributed by atoms with Gasteiger partial charge in [-0.3, -0.25) is 4.79 Å². The Morgan fingerprint density at radius 3 is 2.00 bits per heavy atom. The number of hydrogen-bond donors (Lipinski definition) is 3. The lowest BCUT2D eigenvalue weighted by Crippen LogP contribution is -2.44. The number of aliphatic hydroxyl groups is 2. The summed E-state index contributed by atoms with van der Waals surface area (Å²) in [5, 5.41) is 24.9. The number of carbonyl (C=O) groups is 1. The van der Waals surface area contributed by atoms with E-state index >= 15 is 0 Å². The van der Waals surface area contributed by atoms with E-state index in [1.165, 1.54) is 0 Å². The standard InChI is InChI=1S/C6H9F3O4/c7-6(8,9)5(12,13)3-1-2-4(10)11/h12-13H,1-3H2,(H,10,11). The van der Waals surface area contributed by atoms with E-state index in [1.54, 1.807) is 0 Å². The van der Waals surface area contributed by atoms with Crippen LogP contribution in [0.5, 0.6) is 0 Å². The van der Waals surface area contributed by atoms with Crippen LogP contribution < -0.4 is 0 Å². The van der Waals surface area contributed by atoms with E-state index in [0.717, 1.165) is 0 Å². The van der Waals surface area contributed by atoms with Crippen molar-refractivity contribution in [2.75, 3.05) is 0 Å². The summed E-state index contributed by atoms with van der Waals surface area (Å²) in [7, 11) is 0. The number of carboxylic acids is 1. The fraction of sp³-hybridized carbons (Fsp3) is 0.833. The zero-order valence-electron chi connectivity index (χ0n) is 6.51. The first kappa shape index (κ1) is 12.2. The Morgan fingerprint density at radius 1 is 1.23 bits per heavy atom. The Labute approximate surface area is 71.6 Å². The molecule has 0 saturated heterocycles. The lowest BCUT2D eigenvalue weighted by atomic mass is 10.1. The fourth-order valence-electron chi connectivity index (χ4n) is 0.628. The van der Waals surface area contributed by atoms with E-state index in [2.05, 4.69) is 0 Å². The first-order valence-corrected chi connectivity index (χ1v) is 3.40. The van der Waals surface area contributed by atoms with Gasteiger partial charge in [0.15, 0.2) is 0 Å². The van der Waals surface area contributed by atoms with Gasteiger partial charge < -0.3 is 15.3 Å². The molecule has 0 amide bonds. The third-order valence-electron chi connectivity index (χ3n) is 1.37. The van der Waals surface area contributed by atoms with Crippen LogP contribution in [0.15, 0.2) is 0 Å². The van der Waals surface area contributed by atoms with Crippen molar-refractivity contribution in [1.29, 1.82) is 0 Å². The molecular weight excluding hydrogens is 193 g/mol. The summed E-state index contributed by atoms with van der Waals surface area (Å²) < 4.78 is 35.1. The predicted octanol–water partition coefficient (Wildman–Crippen LogP) is 0.484. The van der Waals surface area contributed by atoms with E-state index in [-0.39, 0.29) is 0 Å². The van der Waals surface area contributed by atoms with Crippen molar-refractivity contribution in [3.05, 3.63) is 0 Å². The normalized spacial score (nSPS) is 13.0. The van der Waals surface area contributed by atoms with Crippen LogP contribution >= 0.6 is 0 Å². The SMILES string of the molecule is O=C(O)CCCC(O)(O)C(F)(F)F. The van der Waals surface area contributed by atoms with Crippen molar-refractivity contribution in [2.24, 2.45) is 0 Å². The second-order valence-corrected chi connectivity index (χ2v) is 2.56. The number of rotatable bonds is 4. The van der Waals surface area contributed by atoms with Gasteiger partial charge in [0.1, 0.15) is 0 Å².